The van der Waals surface area contributed by atoms with Crippen molar-refractivity contribution in [2.75, 3.05) is 0 Å². The molecule has 0 aromatic rings. The molecular weight excluding hydrogens is 652 g/mol. The molecule has 0 aromatic carbocycles. The van der Waals surface area contributed by atoms with Crippen molar-refractivity contribution in [3.8, 4) is 0 Å². The van der Waals surface area contributed by atoms with Gasteiger partial charge in [0, 0.05) is 0 Å². The molecule has 46 heavy (non-hydrogen) atoms. The highest BCUT2D eigenvalue weighted by Gasteiger charge is 2.42. The lowest BCUT2D eigenvalue weighted by Crippen LogP contribution is -2.55. The average molecular weight is 738 g/mol. The van der Waals surface area contributed by atoms with Crippen LogP contribution in [0.15, 0.2) is 0 Å². The zero-order chi connectivity index (χ0) is 34.6. The van der Waals surface area contributed by atoms with Crippen LogP contribution < -0.4 is 0 Å². The minimum atomic E-state index is -2.27. The maximum atomic E-state index is 6.72. The van der Waals surface area contributed by atoms with Gasteiger partial charge in [-0.2, -0.15) is 0 Å². The summed E-state index contributed by atoms with van der Waals surface area (Å²) < 4.78 is 19.4. The normalized spacial score (nSPS) is 13.2. The third kappa shape index (κ3) is 34.9. The monoisotopic (exact) mass is 737 g/mol. The summed E-state index contributed by atoms with van der Waals surface area (Å²) in [7, 11) is -8.38. The number of hydrogen-bond acceptors (Lipinski definition) is 3. The lowest BCUT2D eigenvalue weighted by atomic mass is 10.0. The molecule has 0 rings (SSSR count). The Labute approximate surface area is 300 Å². The minimum absolute atomic E-state index is 1.23. The Morgan fingerprint density at radius 2 is 0.565 bits per heavy atom. The molecule has 0 radical (unpaired) electrons. The maximum absolute atomic E-state index is 6.72. The number of rotatable bonds is 35. The highest BCUT2D eigenvalue weighted by atomic mass is 35.6. The molecule has 0 saturated carbocycles. The van der Waals surface area contributed by atoms with Crippen LogP contribution in [0.3, 0.4) is 0 Å². The summed E-state index contributed by atoms with van der Waals surface area (Å²) in [6, 6.07) is 1.23. The average Bonchev–Trinajstić information content (AvgIpc) is 2.91. The molecule has 0 aliphatic heterocycles. The molecule has 0 saturated heterocycles. The molecule has 0 N–H and O–H groups in total. The molecule has 0 atom stereocenters. The molecular formula is C38H85ClO3Si4. The van der Waals surface area contributed by atoms with Crippen LogP contribution >= 0.6 is 11.1 Å². The third-order valence-corrected chi connectivity index (χ3v) is 23.4. The van der Waals surface area contributed by atoms with Crippen LogP contribution in [0.25, 0.3) is 0 Å². The van der Waals surface area contributed by atoms with Crippen LogP contribution in [0.1, 0.15) is 187 Å². The van der Waals surface area contributed by atoms with Gasteiger partial charge < -0.3 is 12.3 Å². The van der Waals surface area contributed by atoms with Gasteiger partial charge in [-0.25, -0.2) is 0 Å². The second-order valence-corrected chi connectivity index (χ2v) is 34.1. The van der Waals surface area contributed by atoms with Gasteiger partial charge in [0.1, 0.15) is 0 Å². The summed E-state index contributed by atoms with van der Waals surface area (Å²) in [6.07, 6.45) is 40.5. The predicted molar refractivity (Wildman–Crippen MR) is 219 cm³/mol. The number of hydrogen-bond donors (Lipinski definition) is 0. The first-order valence-electron chi connectivity index (χ1n) is 20.5. The Bertz CT molecular complexity index is 671. The molecule has 3 nitrogen and oxygen atoms in total. The quantitative estimate of drug-likeness (QED) is 0.0368. The molecule has 0 amide bonds. The van der Waals surface area contributed by atoms with Crippen LogP contribution in [-0.4, -0.2) is 33.1 Å². The van der Waals surface area contributed by atoms with E-state index in [-0.39, 0.29) is 0 Å². The predicted octanol–water partition coefficient (Wildman–Crippen LogP) is 15.5. The SMILES string of the molecule is CCCCCCCCCCCCCCCCCCCCCCCCCCCCCC[Si](C)(C)O[Si](C)(C)O[Si](C)(C)O[Si](C)(C)Cl. The van der Waals surface area contributed by atoms with Gasteiger partial charge in [-0.05, 0) is 58.4 Å². The van der Waals surface area contributed by atoms with E-state index in [1.807, 2.05) is 13.1 Å². The topological polar surface area (TPSA) is 27.7 Å². The molecule has 0 fully saturated rings. The minimum Gasteiger partial charge on any atom is -0.436 e. The van der Waals surface area contributed by atoms with E-state index in [0.29, 0.717) is 0 Å². The fourth-order valence-electron chi connectivity index (χ4n) is 7.15. The fraction of sp³-hybridized carbons (Fsp3) is 1.00. The Balaban J connectivity index is 3.46. The van der Waals surface area contributed by atoms with Crippen molar-refractivity contribution < 1.29 is 12.3 Å². The third-order valence-electron chi connectivity index (χ3n) is 9.13. The van der Waals surface area contributed by atoms with Crippen molar-refractivity contribution in [1.29, 1.82) is 0 Å². The lowest BCUT2D eigenvalue weighted by molar-refractivity contribution is 0.331. The first-order valence-corrected chi connectivity index (χ1v) is 33.1. The van der Waals surface area contributed by atoms with Gasteiger partial charge in [0.2, 0.25) is 0 Å². The van der Waals surface area contributed by atoms with E-state index in [4.69, 9.17) is 23.4 Å². The largest absolute Gasteiger partial charge is 0.436 e. The van der Waals surface area contributed by atoms with E-state index >= 15 is 0 Å². The van der Waals surface area contributed by atoms with E-state index in [1.165, 1.54) is 186 Å². The Morgan fingerprint density at radius 3 is 0.826 bits per heavy atom. The Kier molecular flexibility index (Phi) is 29.4. The Morgan fingerprint density at radius 1 is 0.326 bits per heavy atom. The second-order valence-electron chi connectivity index (χ2n) is 16.5. The summed E-state index contributed by atoms with van der Waals surface area (Å²) in [5.41, 5.74) is 0. The summed E-state index contributed by atoms with van der Waals surface area (Å²) >= 11 is 6.45. The smallest absolute Gasteiger partial charge is 0.313 e. The highest BCUT2D eigenvalue weighted by Crippen LogP contribution is 2.27. The van der Waals surface area contributed by atoms with Crippen molar-refractivity contribution >= 4 is 44.1 Å². The molecule has 0 aliphatic rings. The first kappa shape index (κ1) is 47.0. The first-order chi connectivity index (χ1) is 21.7. The molecule has 278 valence electrons. The Hall–Kier alpha value is 1.04. The van der Waals surface area contributed by atoms with E-state index in [2.05, 4.69) is 46.2 Å². The molecule has 0 bridgehead atoms. The van der Waals surface area contributed by atoms with Crippen molar-refractivity contribution in [2.45, 2.75) is 245 Å². The number of unbranched alkanes of at least 4 members (excludes halogenated alkanes) is 27. The zero-order valence-corrected chi connectivity index (χ0v) is 37.9. The highest BCUT2D eigenvalue weighted by molar-refractivity contribution is 7.17. The molecule has 0 unspecified atom stereocenters. The van der Waals surface area contributed by atoms with Gasteiger partial charge in [-0.15, -0.1) is 11.1 Å². The van der Waals surface area contributed by atoms with Crippen LogP contribution in [0, 0.1) is 0 Å². The van der Waals surface area contributed by atoms with Crippen LogP contribution in [-0.2, 0) is 12.3 Å². The fourth-order valence-corrected chi connectivity index (χ4v) is 26.2. The van der Waals surface area contributed by atoms with Crippen molar-refractivity contribution in [1.82, 2.24) is 0 Å². The molecule has 8 heteroatoms. The van der Waals surface area contributed by atoms with E-state index in [9.17, 15) is 0 Å². The van der Waals surface area contributed by atoms with Gasteiger partial charge in [0.15, 0.2) is 8.32 Å². The van der Waals surface area contributed by atoms with Gasteiger partial charge >= 0.3 is 17.1 Å². The van der Waals surface area contributed by atoms with Gasteiger partial charge in [0.05, 0.1) is 0 Å². The van der Waals surface area contributed by atoms with E-state index in [1.54, 1.807) is 0 Å². The molecule has 0 spiro atoms. The summed E-state index contributed by atoms with van der Waals surface area (Å²) in [6.45, 7) is 19.7. The number of halogens is 1. The summed E-state index contributed by atoms with van der Waals surface area (Å²) in [5.74, 6) is 0. The second kappa shape index (κ2) is 28.7. The van der Waals surface area contributed by atoms with Gasteiger partial charge in [-0.1, -0.05) is 187 Å². The zero-order valence-electron chi connectivity index (χ0n) is 33.1. The summed E-state index contributed by atoms with van der Waals surface area (Å²) in [5, 5.41) is 0. The van der Waals surface area contributed by atoms with Crippen molar-refractivity contribution in [2.24, 2.45) is 0 Å². The standard InChI is InChI=1S/C38H85ClO3Si4/c1-10-11-12-13-14-15-16-17-18-19-20-21-22-23-24-25-26-27-28-29-30-31-32-33-34-35-36-37-38-43(2,3)40-45(6,7)42-46(8,9)41-44(4,5)39/h10-38H2,1-9H3. The van der Waals surface area contributed by atoms with Crippen LogP contribution in [0.4, 0.5) is 0 Å². The van der Waals surface area contributed by atoms with E-state index in [0.717, 1.165) is 0 Å². The van der Waals surface area contributed by atoms with Crippen molar-refractivity contribution in [3.05, 3.63) is 0 Å². The van der Waals surface area contributed by atoms with E-state index < -0.39 is 33.1 Å². The lowest BCUT2D eigenvalue weighted by Gasteiger charge is -2.39. The van der Waals surface area contributed by atoms with Crippen molar-refractivity contribution in [3.63, 3.8) is 0 Å². The summed E-state index contributed by atoms with van der Waals surface area (Å²) in [4.78, 5) is 0. The van der Waals surface area contributed by atoms with Crippen LogP contribution in [0.5, 0.6) is 0 Å². The maximum Gasteiger partial charge on any atom is 0.313 e. The molecule has 0 heterocycles. The van der Waals surface area contributed by atoms with Crippen LogP contribution in [0.2, 0.25) is 58.4 Å². The van der Waals surface area contributed by atoms with Gasteiger partial charge in [-0.3, -0.25) is 0 Å². The molecule has 0 aliphatic carbocycles. The van der Waals surface area contributed by atoms with Gasteiger partial charge in [0.25, 0.3) is 7.63 Å². The molecule has 0 aromatic heterocycles.